The summed E-state index contributed by atoms with van der Waals surface area (Å²) in [6.45, 7) is 2.31. The quantitative estimate of drug-likeness (QED) is 0.780. The first-order chi connectivity index (χ1) is 9.11. The molecule has 0 aliphatic heterocycles. The van der Waals surface area contributed by atoms with E-state index in [1.165, 1.54) is 0 Å². The van der Waals surface area contributed by atoms with Gasteiger partial charge in [0.25, 0.3) is 0 Å². The SMILES string of the molecule is CCOC(=O)CCOc1c(O)ccc2c1CC(N)C2. The van der Waals surface area contributed by atoms with Gasteiger partial charge in [-0.2, -0.15) is 0 Å². The monoisotopic (exact) mass is 265 g/mol. The molecule has 0 saturated heterocycles. The van der Waals surface area contributed by atoms with Gasteiger partial charge < -0.3 is 20.3 Å². The molecule has 0 saturated carbocycles. The lowest BCUT2D eigenvalue weighted by Crippen LogP contribution is -2.19. The Morgan fingerprint density at radius 2 is 2.26 bits per heavy atom. The molecule has 1 atom stereocenters. The van der Waals surface area contributed by atoms with Crippen molar-refractivity contribution in [1.82, 2.24) is 0 Å². The van der Waals surface area contributed by atoms with Crippen LogP contribution in [0.1, 0.15) is 24.5 Å². The number of fused-ring (bicyclic) bond motifs is 1. The van der Waals surface area contributed by atoms with Crippen molar-refractivity contribution in [2.24, 2.45) is 5.73 Å². The highest BCUT2D eigenvalue weighted by atomic mass is 16.5. The van der Waals surface area contributed by atoms with Gasteiger partial charge >= 0.3 is 5.97 Å². The van der Waals surface area contributed by atoms with Gasteiger partial charge in [0.1, 0.15) is 0 Å². The van der Waals surface area contributed by atoms with Crippen molar-refractivity contribution < 1.29 is 19.4 Å². The topological polar surface area (TPSA) is 81.8 Å². The van der Waals surface area contributed by atoms with Gasteiger partial charge in [-0.3, -0.25) is 4.79 Å². The average molecular weight is 265 g/mol. The number of rotatable bonds is 5. The summed E-state index contributed by atoms with van der Waals surface area (Å²) in [5.41, 5.74) is 7.97. The lowest BCUT2D eigenvalue weighted by Gasteiger charge is -2.12. The molecule has 5 heteroatoms. The average Bonchev–Trinajstić information content (AvgIpc) is 2.73. The first-order valence-corrected chi connectivity index (χ1v) is 6.49. The van der Waals surface area contributed by atoms with E-state index in [9.17, 15) is 9.90 Å². The zero-order chi connectivity index (χ0) is 13.8. The van der Waals surface area contributed by atoms with Gasteiger partial charge in [0.05, 0.1) is 19.6 Å². The molecule has 0 fully saturated rings. The van der Waals surface area contributed by atoms with E-state index in [0.717, 1.165) is 17.5 Å². The summed E-state index contributed by atoms with van der Waals surface area (Å²) < 4.78 is 10.4. The van der Waals surface area contributed by atoms with Crippen LogP contribution in [0, 0.1) is 0 Å². The maximum Gasteiger partial charge on any atom is 0.309 e. The van der Waals surface area contributed by atoms with Gasteiger partial charge in [0.15, 0.2) is 11.5 Å². The summed E-state index contributed by atoms with van der Waals surface area (Å²) in [4.78, 5) is 11.2. The van der Waals surface area contributed by atoms with Crippen LogP contribution in [0.4, 0.5) is 0 Å². The minimum Gasteiger partial charge on any atom is -0.504 e. The largest absolute Gasteiger partial charge is 0.504 e. The third-order valence-electron chi connectivity index (χ3n) is 3.14. The Morgan fingerprint density at radius 3 is 3.00 bits per heavy atom. The molecule has 0 bridgehead atoms. The van der Waals surface area contributed by atoms with Crippen LogP contribution in [0.25, 0.3) is 0 Å². The normalized spacial score (nSPS) is 17.1. The minimum absolute atomic E-state index is 0.0733. The van der Waals surface area contributed by atoms with Crippen molar-refractivity contribution in [3.63, 3.8) is 0 Å². The van der Waals surface area contributed by atoms with E-state index in [1.54, 1.807) is 13.0 Å². The molecule has 3 N–H and O–H groups in total. The molecule has 2 rings (SSSR count). The van der Waals surface area contributed by atoms with E-state index in [4.69, 9.17) is 15.2 Å². The summed E-state index contributed by atoms with van der Waals surface area (Å²) in [6, 6.07) is 3.55. The molecule has 5 nitrogen and oxygen atoms in total. The fourth-order valence-electron chi connectivity index (χ4n) is 2.32. The zero-order valence-corrected chi connectivity index (χ0v) is 11.0. The Kier molecular flexibility index (Phi) is 4.27. The summed E-state index contributed by atoms with van der Waals surface area (Å²) >= 11 is 0. The second kappa shape index (κ2) is 5.93. The van der Waals surface area contributed by atoms with E-state index < -0.39 is 0 Å². The Hall–Kier alpha value is -1.75. The second-order valence-electron chi connectivity index (χ2n) is 4.62. The van der Waals surface area contributed by atoms with Gasteiger partial charge in [-0.1, -0.05) is 6.07 Å². The number of aromatic hydroxyl groups is 1. The van der Waals surface area contributed by atoms with Crippen molar-refractivity contribution in [3.05, 3.63) is 23.3 Å². The first-order valence-electron chi connectivity index (χ1n) is 6.49. The van der Waals surface area contributed by atoms with Crippen LogP contribution in [-0.2, 0) is 22.4 Å². The van der Waals surface area contributed by atoms with Gasteiger partial charge in [0, 0.05) is 11.6 Å². The summed E-state index contributed by atoms with van der Waals surface area (Å²) in [5.74, 6) is 0.248. The fraction of sp³-hybridized carbons (Fsp3) is 0.500. The number of phenolic OH excluding ortho intramolecular Hbond substituents is 1. The number of hydrogen-bond acceptors (Lipinski definition) is 5. The first kappa shape index (κ1) is 13.7. The third kappa shape index (κ3) is 3.17. The number of benzene rings is 1. The van der Waals surface area contributed by atoms with Gasteiger partial charge in [0.2, 0.25) is 0 Å². The molecule has 0 aromatic heterocycles. The molecule has 0 spiro atoms. The minimum atomic E-state index is -0.300. The maximum absolute atomic E-state index is 11.2. The number of phenols is 1. The fourth-order valence-corrected chi connectivity index (χ4v) is 2.32. The molecule has 104 valence electrons. The van der Waals surface area contributed by atoms with Crippen LogP contribution in [0.3, 0.4) is 0 Å². The van der Waals surface area contributed by atoms with Crippen LogP contribution < -0.4 is 10.5 Å². The third-order valence-corrected chi connectivity index (χ3v) is 3.14. The highest BCUT2D eigenvalue weighted by molar-refractivity contribution is 5.69. The maximum atomic E-state index is 11.2. The number of ether oxygens (including phenoxy) is 2. The summed E-state index contributed by atoms with van der Waals surface area (Å²) in [6.07, 6.45) is 1.66. The van der Waals surface area contributed by atoms with Crippen LogP contribution in [0.15, 0.2) is 12.1 Å². The standard InChI is InChI=1S/C14H19NO4/c1-2-18-13(17)5-6-19-14-11-8-10(15)7-9(11)3-4-12(14)16/h3-4,10,16H,2,5-8,15H2,1H3. The predicted molar refractivity (Wildman–Crippen MR) is 70.2 cm³/mol. The van der Waals surface area contributed by atoms with Crippen molar-refractivity contribution in [2.75, 3.05) is 13.2 Å². The van der Waals surface area contributed by atoms with Crippen molar-refractivity contribution in [1.29, 1.82) is 0 Å². The van der Waals surface area contributed by atoms with E-state index in [-0.39, 0.29) is 30.8 Å². The van der Waals surface area contributed by atoms with Crippen LogP contribution in [-0.4, -0.2) is 30.3 Å². The number of carbonyl (C=O) groups is 1. The Bertz CT molecular complexity index is 473. The zero-order valence-electron chi connectivity index (χ0n) is 11.0. The lowest BCUT2D eigenvalue weighted by molar-refractivity contribution is -0.143. The Morgan fingerprint density at radius 1 is 1.47 bits per heavy atom. The molecule has 1 aliphatic rings. The molecule has 1 aromatic rings. The van der Waals surface area contributed by atoms with E-state index >= 15 is 0 Å². The predicted octanol–water partition coefficient (Wildman–Crippen LogP) is 1.15. The number of carbonyl (C=O) groups excluding carboxylic acids is 1. The molecule has 0 heterocycles. The van der Waals surface area contributed by atoms with Gasteiger partial charge in [-0.15, -0.1) is 0 Å². The summed E-state index contributed by atoms with van der Waals surface area (Å²) in [7, 11) is 0. The molecule has 0 amide bonds. The molecule has 19 heavy (non-hydrogen) atoms. The molecule has 0 radical (unpaired) electrons. The molecule has 1 aromatic carbocycles. The number of nitrogens with two attached hydrogens (primary N) is 1. The molecule has 1 aliphatic carbocycles. The van der Waals surface area contributed by atoms with Crippen molar-refractivity contribution in [3.8, 4) is 11.5 Å². The van der Waals surface area contributed by atoms with Gasteiger partial charge in [-0.25, -0.2) is 0 Å². The molecular formula is C14H19NO4. The van der Waals surface area contributed by atoms with E-state index in [2.05, 4.69) is 0 Å². The van der Waals surface area contributed by atoms with Crippen LogP contribution in [0.5, 0.6) is 11.5 Å². The molecular weight excluding hydrogens is 246 g/mol. The number of hydrogen-bond donors (Lipinski definition) is 2. The number of esters is 1. The van der Waals surface area contributed by atoms with Crippen molar-refractivity contribution >= 4 is 5.97 Å². The lowest BCUT2D eigenvalue weighted by atomic mass is 10.1. The molecule has 1 unspecified atom stereocenters. The Labute approximate surface area is 112 Å². The summed E-state index contributed by atoms with van der Waals surface area (Å²) in [5, 5.41) is 9.85. The smallest absolute Gasteiger partial charge is 0.309 e. The van der Waals surface area contributed by atoms with Gasteiger partial charge in [-0.05, 0) is 31.4 Å². The highest BCUT2D eigenvalue weighted by Gasteiger charge is 2.24. The Balaban J connectivity index is 2.01. The van der Waals surface area contributed by atoms with E-state index in [1.807, 2.05) is 6.07 Å². The van der Waals surface area contributed by atoms with Crippen molar-refractivity contribution in [2.45, 2.75) is 32.2 Å². The second-order valence-corrected chi connectivity index (χ2v) is 4.62. The van der Waals surface area contributed by atoms with Crippen LogP contribution in [0.2, 0.25) is 0 Å². The van der Waals surface area contributed by atoms with E-state index in [0.29, 0.717) is 18.8 Å². The van der Waals surface area contributed by atoms with Crippen LogP contribution >= 0.6 is 0 Å². The highest BCUT2D eigenvalue weighted by Crippen LogP contribution is 2.37.